The molecule has 0 aromatic carbocycles. The average Bonchev–Trinajstić information content (AvgIpc) is 3.22. The van der Waals surface area contributed by atoms with Crippen LogP contribution in [0.3, 0.4) is 0 Å². The van der Waals surface area contributed by atoms with E-state index in [0.717, 1.165) is 6.42 Å². The number of fused-ring (bicyclic) bond motifs is 1. The van der Waals surface area contributed by atoms with Crippen molar-refractivity contribution >= 4 is 17.7 Å². The fourth-order valence-electron chi connectivity index (χ4n) is 4.31. The fraction of sp³-hybridized carbons (Fsp3) is 0.684. The third-order valence-electron chi connectivity index (χ3n) is 5.48. The first kappa shape index (κ1) is 20.3. The summed E-state index contributed by atoms with van der Waals surface area (Å²) in [7, 11) is 0. The number of hydrogen-bond acceptors (Lipinski definition) is 6. The van der Waals surface area contributed by atoms with Crippen molar-refractivity contribution in [2.45, 2.75) is 45.7 Å². The van der Waals surface area contributed by atoms with Gasteiger partial charge < -0.3 is 24.6 Å². The van der Waals surface area contributed by atoms with E-state index in [4.69, 9.17) is 9.52 Å². The van der Waals surface area contributed by atoms with Crippen LogP contribution in [0.2, 0.25) is 0 Å². The van der Waals surface area contributed by atoms with Crippen LogP contribution in [0.15, 0.2) is 10.8 Å². The number of oxazole rings is 1. The maximum absolute atomic E-state index is 12.9. The first-order chi connectivity index (χ1) is 13.3. The van der Waals surface area contributed by atoms with Gasteiger partial charge >= 0.3 is 0 Å². The number of hydrogen-bond donors (Lipinski definition) is 2. The van der Waals surface area contributed by atoms with Gasteiger partial charge in [0.2, 0.25) is 11.8 Å². The third-order valence-corrected chi connectivity index (χ3v) is 5.48. The summed E-state index contributed by atoms with van der Waals surface area (Å²) in [5, 5.41) is 11.7. The lowest BCUT2D eigenvalue weighted by molar-refractivity contribution is -0.140. The maximum Gasteiger partial charge on any atom is 0.276 e. The standard InChI is InChI=1S/C19H28N4O5/c1-11(2)6-15-14(18(26)20-4-5-24)7-13-8-22(9-16(25)23(13)15)19(27)17-12(3)28-10-21-17/h10-11,13-15,24H,4-9H2,1-3H3,(H,20,26)/t13-,14-,15-/m0/s1. The zero-order valence-electron chi connectivity index (χ0n) is 16.6. The lowest BCUT2D eigenvalue weighted by Crippen LogP contribution is -2.58. The van der Waals surface area contributed by atoms with Gasteiger partial charge in [-0.05, 0) is 25.7 Å². The Hall–Kier alpha value is -2.42. The summed E-state index contributed by atoms with van der Waals surface area (Å²) in [6.07, 6.45) is 2.44. The topological polar surface area (TPSA) is 116 Å². The first-order valence-electron chi connectivity index (χ1n) is 9.72. The Morgan fingerprint density at radius 1 is 1.43 bits per heavy atom. The Balaban J connectivity index is 1.79. The van der Waals surface area contributed by atoms with Gasteiger partial charge in [-0.2, -0.15) is 0 Å². The van der Waals surface area contributed by atoms with Crippen molar-refractivity contribution in [3.05, 3.63) is 17.8 Å². The molecule has 2 saturated heterocycles. The van der Waals surface area contributed by atoms with Gasteiger partial charge in [-0.15, -0.1) is 0 Å². The van der Waals surface area contributed by atoms with Crippen molar-refractivity contribution in [2.24, 2.45) is 11.8 Å². The highest BCUT2D eigenvalue weighted by Gasteiger charge is 2.50. The van der Waals surface area contributed by atoms with Crippen LogP contribution in [0, 0.1) is 18.8 Å². The number of aryl methyl sites for hydroxylation is 1. The summed E-state index contributed by atoms with van der Waals surface area (Å²) < 4.78 is 5.11. The van der Waals surface area contributed by atoms with Gasteiger partial charge in [-0.3, -0.25) is 14.4 Å². The van der Waals surface area contributed by atoms with Crippen molar-refractivity contribution in [1.29, 1.82) is 0 Å². The largest absolute Gasteiger partial charge is 0.448 e. The van der Waals surface area contributed by atoms with Crippen LogP contribution in [0.1, 0.15) is 42.9 Å². The Morgan fingerprint density at radius 2 is 2.18 bits per heavy atom. The van der Waals surface area contributed by atoms with Gasteiger partial charge in [0, 0.05) is 19.1 Å². The minimum Gasteiger partial charge on any atom is -0.448 e. The van der Waals surface area contributed by atoms with Gasteiger partial charge in [0.05, 0.1) is 18.6 Å². The Morgan fingerprint density at radius 3 is 2.79 bits per heavy atom. The van der Waals surface area contributed by atoms with E-state index in [1.807, 2.05) is 4.90 Å². The molecule has 9 heteroatoms. The molecule has 2 aliphatic rings. The molecule has 2 fully saturated rings. The molecule has 3 atom stereocenters. The van der Waals surface area contributed by atoms with Crippen molar-refractivity contribution in [3.8, 4) is 0 Å². The number of aromatic nitrogens is 1. The SMILES string of the molecule is Cc1ocnc1C(=O)N1CC(=O)N2[C@@H](C[C@H](C(=O)NCCO)[C@@H]2CC(C)C)C1. The first-order valence-corrected chi connectivity index (χ1v) is 9.72. The number of amides is 3. The van der Waals surface area contributed by atoms with E-state index >= 15 is 0 Å². The van der Waals surface area contributed by atoms with Crippen LogP contribution < -0.4 is 5.32 Å². The highest BCUT2D eigenvalue weighted by Crippen LogP contribution is 2.36. The predicted molar refractivity (Wildman–Crippen MR) is 99.2 cm³/mol. The molecule has 2 N–H and O–H groups in total. The Bertz CT molecular complexity index is 746. The second-order valence-corrected chi connectivity index (χ2v) is 7.95. The van der Waals surface area contributed by atoms with Crippen LogP contribution in [-0.4, -0.2) is 75.9 Å². The molecule has 154 valence electrons. The van der Waals surface area contributed by atoms with Crippen molar-refractivity contribution in [2.75, 3.05) is 26.2 Å². The van der Waals surface area contributed by atoms with Crippen molar-refractivity contribution in [1.82, 2.24) is 20.1 Å². The smallest absolute Gasteiger partial charge is 0.276 e. The molecule has 3 heterocycles. The predicted octanol–water partition coefficient (Wildman–Crippen LogP) is 0.179. The third kappa shape index (κ3) is 3.89. The van der Waals surface area contributed by atoms with E-state index in [9.17, 15) is 14.4 Å². The monoisotopic (exact) mass is 392 g/mol. The molecular weight excluding hydrogens is 364 g/mol. The molecule has 0 radical (unpaired) electrons. The van der Waals surface area contributed by atoms with Crippen LogP contribution in [0.4, 0.5) is 0 Å². The van der Waals surface area contributed by atoms with Crippen LogP contribution in [0.5, 0.6) is 0 Å². The van der Waals surface area contributed by atoms with Crippen molar-refractivity contribution < 1.29 is 23.9 Å². The Labute approximate surface area is 164 Å². The van der Waals surface area contributed by atoms with Crippen molar-refractivity contribution in [3.63, 3.8) is 0 Å². The van der Waals surface area contributed by atoms with E-state index in [1.54, 1.807) is 6.92 Å². The van der Waals surface area contributed by atoms with Crippen LogP contribution in [-0.2, 0) is 9.59 Å². The maximum atomic E-state index is 12.9. The lowest BCUT2D eigenvalue weighted by Gasteiger charge is -2.40. The second-order valence-electron chi connectivity index (χ2n) is 7.95. The molecular formula is C19H28N4O5. The normalized spacial score (nSPS) is 24.6. The molecule has 28 heavy (non-hydrogen) atoms. The summed E-state index contributed by atoms with van der Waals surface area (Å²) in [4.78, 5) is 45.6. The summed E-state index contributed by atoms with van der Waals surface area (Å²) in [6, 6.07) is -0.395. The number of aliphatic hydroxyl groups is 1. The molecule has 1 aromatic rings. The van der Waals surface area contributed by atoms with Gasteiger partial charge in [0.25, 0.3) is 5.91 Å². The number of carbonyl (C=O) groups excluding carboxylic acids is 3. The van der Waals surface area contributed by atoms with Crippen LogP contribution >= 0.6 is 0 Å². The van der Waals surface area contributed by atoms with E-state index in [0.29, 0.717) is 24.6 Å². The molecule has 0 bridgehead atoms. The number of nitrogens with one attached hydrogen (secondary N) is 1. The number of carbonyl (C=O) groups is 3. The van der Waals surface area contributed by atoms with Gasteiger partial charge in [0.15, 0.2) is 12.1 Å². The molecule has 1 aromatic heterocycles. The van der Waals surface area contributed by atoms with E-state index in [2.05, 4.69) is 24.1 Å². The number of rotatable bonds is 6. The zero-order chi connectivity index (χ0) is 20.4. The zero-order valence-corrected chi connectivity index (χ0v) is 16.6. The quantitative estimate of drug-likeness (QED) is 0.713. The number of aliphatic hydroxyl groups excluding tert-OH is 1. The van der Waals surface area contributed by atoms with Gasteiger partial charge in [-0.25, -0.2) is 4.98 Å². The lowest BCUT2D eigenvalue weighted by atomic mass is 9.91. The summed E-state index contributed by atoms with van der Waals surface area (Å²) >= 11 is 0. The minimum absolute atomic E-state index is 0.0266. The molecule has 3 amide bonds. The Kier molecular flexibility index (Phi) is 6.02. The molecule has 2 aliphatic heterocycles. The average molecular weight is 392 g/mol. The fourth-order valence-corrected chi connectivity index (χ4v) is 4.31. The molecule has 0 spiro atoms. The van der Waals surface area contributed by atoms with Crippen LogP contribution in [0.25, 0.3) is 0 Å². The highest BCUT2D eigenvalue weighted by molar-refractivity contribution is 5.96. The van der Waals surface area contributed by atoms with Gasteiger partial charge in [0.1, 0.15) is 12.3 Å². The molecule has 0 unspecified atom stereocenters. The summed E-state index contributed by atoms with van der Waals surface area (Å²) in [5.74, 6) is -0.215. The summed E-state index contributed by atoms with van der Waals surface area (Å²) in [6.45, 7) is 6.20. The summed E-state index contributed by atoms with van der Waals surface area (Å²) in [5.41, 5.74) is 0.218. The van der Waals surface area contributed by atoms with E-state index < -0.39 is 0 Å². The van der Waals surface area contributed by atoms with E-state index in [1.165, 1.54) is 11.3 Å². The molecule has 0 saturated carbocycles. The van der Waals surface area contributed by atoms with E-state index in [-0.39, 0.29) is 61.1 Å². The number of nitrogens with zero attached hydrogens (tertiary/aromatic N) is 3. The highest BCUT2D eigenvalue weighted by atomic mass is 16.3. The minimum atomic E-state index is -0.341. The van der Waals surface area contributed by atoms with Gasteiger partial charge in [-0.1, -0.05) is 13.8 Å². The second kappa shape index (κ2) is 8.30. The molecule has 3 rings (SSSR count). The molecule has 9 nitrogen and oxygen atoms in total. The number of piperazine rings is 1. The molecule has 0 aliphatic carbocycles.